The molecule has 0 aliphatic heterocycles. The molecule has 1 aromatic carbocycles. The molecule has 0 fully saturated rings. The molecule has 0 amide bonds. The van der Waals surface area contributed by atoms with Crippen molar-refractivity contribution in [3.8, 4) is 5.75 Å². The van der Waals surface area contributed by atoms with E-state index in [4.69, 9.17) is 24.4 Å². The summed E-state index contributed by atoms with van der Waals surface area (Å²) in [4.78, 5) is 36.5. The number of hydrogen-bond acceptors (Lipinski definition) is 7. The average Bonchev–Trinajstić information content (AvgIpc) is 2.15. The first-order valence-corrected chi connectivity index (χ1v) is 5.30. The maximum atomic E-state index is 10.8. The molecule has 19 heavy (non-hydrogen) atoms. The van der Waals surface area contributed by atoms with Crippen molar-refractivity contribution in [2.24, 2.45) is 0 Å². The normalized spacial score (nSPS) is 8.42. The molecule has 0 radical (unpaired) electrons. The van der Waals surface area contributed by atoms with Gasteiger partial charge in [-0.2, -0.15) is 7.82 Å². The molecule has 0 aromatic heterocycles. The van der Waals surface area contributed by atoms with E-state index in [2.05, 4.69) is 4.74 Å². The van der Waals surface area contributed by atoms with Gasteiger partial charge < -0.3 is 29.1 Å². The van der Waals surface area contributed by atoms with E-state index in [1.165, 1.54) is 31.4 Å². The summed E-state index contributed by atoms with van der Waals surface area (Å²) in [6.07, 6.45) is 0. The fraction of sp³-hybridized carbons (Fsp3) is 0.125. The molecular weight excluding hydrogens is 308 g/mol. The van der Waals surface area contributed by atoms with Crippen molar-refractivity contribution in [1.82, 2.24) is 0 Å². The van der Waals surface area contributed by atoms with Gasteiger partial charge in [0.2, 0.25) is 0 Å². The second kappa shape index (κ2) is 14.5. The molecule has 0 bridgehead atoms. The van der Waals surface area contributed by atoms with Crippen molar-refractivity contribution in [3.63, 3.8) is 0 Å². The largest absolute Gasteiger partial charge is 1.00 e. The molecule has 0 aliphatic rings. The van der Waals surface area contributed by atoms with Crippen LogP contribution in [0.5, 0.6) is 5.75 Å². The summed E-state index contributed by atoms with van der Waals surface area (Å²) >= 11 is 0. The number of aromatic hydroxyl groups is 1. The molecule has 0 atom stereocenters. The smallest absolute Gasteiger partial charge is 0.822 e. The van der Waals surface area contributed by atoms with Crippen LogP contribution in [0.1, 0.15) is 10.4 Å². The Bertz CT molecular complexity index is 384. The summed E-state index contributed by atoms with van der Waals surface area (Å²) in [5.41, 5.74) is 0.435. The Labute approximate surface area is 176 Å². The van der Waals surface area contributed by atoms with E-state index in [0.717, 1.165) is 0 Å². The van der Waals surface area contributed by atoms with Crippen molar-refractivity contribution in [3.05, 3.63) is 29.8 Å². The SMILES string of the molecule is COC(=O)c1ccc(O)cc1.O=P([O-])([O-])[O-].[Na+].[Na+].[Na+]. The quantitative estimate of drug-likeness (QED) is 0.309. The zero-order chi connectivity index (χ0) is 12.8. The maximum absolute atomic E-state index is 10.8. The van der Waals surface area contributed by atoms with Gasteiger partial charge in [0.15, 0.2) is 0 Å². The van der Waals surface area contributed by atoms with Crippen LogP contribution in [0.15, 0.2) is 24.3 Å². The molecule has 0 unspecified atom stereocenters. The minimum atomic E-state index is -5.39. The van der Waals surface area contributed by atoms with Gasteiger partial charge in [0.05, 0.1) is 12.7 Å². The van der Waals surface area contributed by atoms with Gasteiger partial charge in [0.1, 0.15) is 5.75 Å². The summed E-state index contributed by atoms with van der Waals surface area (Å²) in [6, 6.07) is 5.88. The van der Waals surface area contributed by atoms with E-state index >= 15 is 0 Å². The van der Waals surface area contributed by atoms with E-state index in [1.807, 2.05) is 0 Å². The van der Waals surface area contributed by atoms with Crippen molar-refractivity contribution >= 4 is 13.8 Å². The van der Waals surface area contributed by atoms with E-state index in [0.29, 0.717) is 5.56 Å². The number of phenolic OH excluding ortho intramolecular Hbond substituents is 1. The number of phosphoric acid groups is 1. The minimum absolute atomic E-state index is 0. The van der Waals surface area contributed by atoms with Gasteiger partial charge in [-0.25, -0.2) is 4.79 Å². The summed E-state index contributed by atoms with van der Waals surface area (Å²) in [6.45, 7) is 0. The van der Waals surface area contributed by atoms with Crippen LogP contribution in [0.25, 0.3) is 0 Å². The van der Waals surface area contributed by atoms with Crippen LogP contribution in [0.3, 0.4) is 0 Å². The van der Waals surface area contributed by atoms with Gasteiger partial charge in [0, 0.05) is 0 Å². The third-order valence-corrected chi connectivity index (χ3v) is 1.29. The van der Waals surface area contributed by atoms with Crippen LogP contribution in [0, 0.1) is 0 Å². The topological polar surface area (TPSA) is 133 Å². The number of carbonyl (C=O) groups excluding carboxylic acids is 1. The van der Waals surface area contributed by atoms with E-state index in [-0.39, 0.29) is 94.4 Å². The summed E-state index contributed by atoms with van der Waals surface area (Å²) in [5, 5.41) is 8.86. The monoisotopic (exact) mass is 316 g/mol. The zero-order valence-corrected chi connectivity index (χ0v) is 18.0. The summed E-state index contributed by atoms with van der Waals surface area (Å²) in [7, 11) is -4.07. The van der Waals surface area contributed by atoms with Crippen molar-refractivity contribution in [2.45, 2.75) is 0 Å². The van der Waals surface area contributed by atoms with Crippen LogP contribution < -0.4 is 103 Å². The molecule has 0 saturated carbocycles. The maximum Gasteiger partial charge on any atom is 1.00 e. The van der Waals surface area contributed by atoms with Crippen LogP contribution >= 0.6 is 7.82 Å². The van der Waals surface area contributed by atoms with Crippen LogP contribution in [-0.4, -0.2) is 18.2 Å². The van der Waals surface area contributed by atoms with Gasteiger partial charge in [-0.15, -0.1) is 0 Å². The van der Waals surface area contributed by atoms with Gasteiger partial charge in [-0.3, -0.25) is 0 Å². The number of esters is 1. The first kappa shape index (κ1) is 28.7. The molecule has 11 heteroatoms. The second-order valence-corrected chi connectivity index (χ2v) is 3.38. The Morgan fingerprint density at radius 2 is 1.42 bits per heavy atom. The Kier molecular flexibility index (Phi) is 22.0. The Hall–Kier alpha value is 1.60. The number of rotatable bonds is 1. The number of ether oxygens (including phenoxy) is 1. The molecule has 1 rings (SSSR count). The fourth-order valence-corrected chi connectivity index (χ4v) is 0.715. The molecule has 0 saturated heterocycles. The Morgan fingerprint density at radius 1 is 1.11 bits per heavy atom. The second-order valence-electron chi connectivity index (χ2n) is 2.49. The number of methoxy groups -OCH3 is 1. The van der Waals surface area contributed by atoms with Gasteiger partial charge in [0.25, 0.3) is 0 Å². The number of carbonyl (C=O) groups is 1. The molecule has 0 aliphatic carbocycles. The third-order valence-electron chi connectivity index (χ3n) is 1.29. The number of hydrogen-bond donors (Lipinski definition) is 1. The zero-order valence-electron chi connectivity index (χ0n) is 11.2. The summed E-state index contributed by atoms with van der Waals surface area (Å²) in [5.74, 6) is -0.261. The van der Waals surface area contributed by atoms with Crippen molar-refractivity contribution in [1.29, 1.82) is 0 Å². The van der Waals surface area contributed by atoms with Gasteiger partial charge >= 0.3 is 94.6 Å². The van der Waals surface area contributed by atoms with Crippen LogP contribution in [0.2, 0.25) is 0 Å². The van der Waals surface area contributed by atoms with Crippen LogP contribution in [0.4, 0.5) is 0 Å². The van der Waals surface area contributed by atoms with E-state index in [9.17, 15) is 4.79 Å². The van der Waals surface area contributed by atoms with Crippen LogP contribution in [-0.2, 0) is 9.30 Å². The molecule has 0 spiro atoms. The predicted molar refractivity (Wildman–Crippen MR) is 47.1 cm³/mol. The molecular formula is C8H8Na3O7P. The number of benzene rings is 1. The number of phenols is 1. The third kappa shape index (κ3) is 19.6. The van der Waals surface area contributed by atoms with Crippen molar-refractivity contribution in [2.75, 3.05) is 7.11 Å². The predicted octanol–water partition coefficient (Wildman–Crippen LogP) is -10.6. The summed E-state index contributed by atoms with van der Waals surface area (Å²) < 4.78 is 13.0. The molecule has 90 valence electrons. The van der Waals surface area contributed by atoms with Gasteiger partial charge in [-0.1, -0.05) is 0 Å². The Balaban J connectivity index is -0.000000125. The van der Waals surface area contributed by atoms with Gasteiger partial charge in [-0.05, 0) is 24.3 Å². The molecule has 1 aromatic rings. The molecule has 0 heterocycles. The average molecular weight is 316 g/mol. The van der Waals surface area contributed by atoms with E-state index in [1.54, 1.807) is 0 Å². The Morgan fingerprint density at radius 3 is 1.68 bits per heavy atom. The standard InChI is InChI=1S/C8H8O3.3Na.H3O4P/c1-11-8(10)6-2-4-7(9)5-3-6;;;;1-5(2,3)4/h2-5,9H,1H3;;;;(H3,1,2,3,4)/q;3*+1;/p-3. The fourth-order valence-electron chi connectivity index (χ4n) is 0.715. The molecule has 1 N–H and O–H groups in total. The van der Waals surface area contributed by atoms with Crippen molar-refractivity contribution < 1.29 is 123 Å². The first-order chi connectivity index (χ1) is 7.24. The minimum Gasteiger partial charge on any atom is -0.822 e. The first-order valence-electron chi connectivity index (χ1n) is 3.84. The molecule has 7 nitrogen and oxygen atoms in total. The van der Waals surface area contributed by atoms with E-state index < -0.39 is 13.8 Å².